The summed E-state index contributed by atoms with van der Waals surface area (Å²) in [4.78, 5) is 31.4. The van der Waals surface area contributed by atoms with Crippen molar-refractivity contribution in [2.24, 2.45) is 5.41 Å². The summed E-state index contributed by atoms with van der Waals surface area (Å²) in [6.07, 6.45) is 6.97. The molecule has 6 heteroatoms. The van der Waals surface area contributed by atoms with Gasteiger partial charge in [-0.3, -0.25) is 4.79 Å². The van der Waals surface area contributed by atoms with Crippen LogP contribution < -0.4 is 0 Å². The van der Waals surface area contributed by atoms with E-state index in [2.05, 4.69) is 18.0 Å². The van der Waals surface area contributed by atoms with Crippen LogP contribution >= 0.6 is 0 Å². The lowest BCUT2D eigenvalue weighted by Gasteiger charge is -2.41. The minimum absolute atomic E-state index is 0.0868. The van der Waals surface area contributed by atoms with Gasteiger partial charge in [-0.1, -0.05) is 37.3 Å². The van der Waals surface area contributed by atoms with E-state index >= 15 is 0 Å². The van der Waals surface area contributed by atoms with Gasteiger partial charge < -0.3 is 19.4 Å². The Morgan fingerprint density at radius 1 is 1.29 bits per heavy atom. The van der Waals surface area contributed by atoms with E-state index < -0.39 is 17.6 Å². The van der Waals surface area contributed by atoms with E-state index in [0.717, 1.165) is 22.9 Å². The quantitative estimate of drug-likeness (QED) is 0.638. The second-order valence-electron chi connectivity index (χ2n) is 7.84. The third kappa shape index (κ3) is 2.58. The number of esters is 1. The van der Waals surface area contributed by atoms with E-state index in [0.29, 0.717) is 13.0 Å². The molecule has 28 heavy (non-hydrogen) atoms. The Labute approximate surface area is 164 Å². The van der Waals surface area contributed by atoms with Gasteiger partial charge in [0.15, 0.2) is 5.54 Å². The molecule has 1 N–H and O–H groups in total. The van der Waals surface area contributed by atoms with Gasteiger partial charge in [-0.25, -0.2) is 4.79 Å². The van der Waals surface area contributed by atoms with E-state index in [1.807, 2.05) is 36.5 Å². The van der Waals surface area contributed by atoms with Crippen LogP contribution in [-0.2, 0) is 25.5 Å². The van der Waals surface area contributed by atoms with Gasteiger partial charge in [-0.2, -0.15) is 0 Å². The number of aromatic nitrogens is 1. The number of carbonyl (C=O) groups excluding carboxylic acids is 2. The number of nitrogens with one attached hydrogen (secondary N) is 1. The maximum absolute atomic E-state index is 13.5. The summed E-state index contributed by atoms with van der Waals surface area (Å²) >= 11 is 0. The number of hydrogen-bond acceptors (Lipinski definition) is 4. The van der Waals surface area contributed by atoms with E-state index in [1.165, 1.54) is 7.11 Å². The van der Waals surface area contributed by atoms with Crippen molar-refractivity contribution in [1.29, 1.82) is 0 Å². The maximum atomic E-state index is 13.5. The molecule has 1 saturated heterocycles. The Morgan fingerprint density at radius 3 is 2.79 bits per heavy atom. The number of ether oxygens (including phenoxy) is 2. The SMILES string of the molecule is CC[C@]12C=C[C@H](OC)[C@](C(=O)OC)(C1)N(C(=O)Cc1c[nH]c3ccccc13)C2. The highest BCUT2D eigenvalue weighted by Crippen LogP contribution is 2.51. The molecule has 6 nitrogen and oxygen atoms in total. The van der Waals surface area contributed by atoms with Crippen molar-refractivity contribution in [1.82, 2.24) is 9.88 Å². The van der Waals surface area contributed by atoms with Gasteiger partial charge in [0.1, 0.15) is 6.10 Å². The first-order valence-electron chi connectivity index (χ1n) is 9.66. The monoisotopic (exact) mass is 382 g/mol. The first-order chi connectivity index (χ1) is 13.5. The molecule has 1 aliphatic carbocycles. The Balaban J connectivity index is 1.72. The van der Waals surface area contributed by atoms with Crippen molar-refractivity contribution in [3.63, 3.8) is 0 Å². The third-order valence-corrected chi connectivity index (χ3v) is 6.49. The van der Waals surface area contributed by atoms with Crippen LogP contribution in [0, 0.1) is 5.41 Å². The molecule has 1 amide bonds. The van der Waals surface area contributed by atoms with Crippen LogP contribution in [0.1, 0.15) is 25.3 Å². The number of amides is 1. The molecule has 0 unspecified atom stereocenters. The predicted octanol–water partition coefficient (Wildman–Crippen LogP) is 2.84. The van der Waals surface area contributed by atoms with Gasteiger partial charge in [0.25, 0.3) is 0 Å². The van der Waals surface area contributed by atoms with Gasteiger partial charge in [0.05, 0.1) is 13.5 Å². The number of fused-ring (bicyclic) bond motifs is 3. The average molecular weight is 382 g/mol. The Morgan fingerprint density at radius 2 is 2.07 bits per heavy atom. The Hall–Kier alpha value is -2.60. The van der Waals surface area contributed by atoms with Crippen LogP contribution in [0.25, 0.3) is 10.9 Å². The van der Waals surface area contributed by atoms with Gasteiger partial charge in [0.2, 0.25) is 5.91 Å². The zero-order valence-electron chi connectivity index (χ0n) is 16.5. The fraction of sp³-hybridized carbons (Fsp3) is 0.455. The molecule has 0 saturated carbocycles. The number of methoxy groups -OCH3 is 2. The van der Waals surface area contributed by atoms with Gasteiger partial charge in [0, 0.05) is 36.2 Å². The fourth-order valence-corrected chi connectivity index (χ4v) is 4.91. The number of para-hydroxylation sites is 1. The lowest BCUT2D eigenvalue weighted by atomic mass is 9.72. The standard InChI is InChI=1S/C22H26N2O4/c1-4-21-10-9-18(27-2)22(13-21,20(26)28-3)24(14-21)19(25)11-15-12-23-17-8-6-5-7-16(15)17/h5-10,12,18,23H,4,11,13-14H2,1-3H3/t18-,21-,22-/m0/s1. The number of rotatable bonds is 5. The zero-order chi connectivity index (χ0) is 19.9. The summed E-state index contributed by atoms with van der Waals surface area (Å²) in [6, 6.07) is 7.90. The number of nitrogens with zero attached hydrogens (tertiary/aromatic N) is 1. The van der Waals surface area contributed by atoms with Gasteiger partial charge in [-0.05, 0) is 24.5 Å². The first kappa shape index (κ1) is 18.7. The molecule has 2 heterocycles. The topological polar surface area (TPSA) is 71.6 Å². The van der Waals surface area contributed by atoms with Crippen molar-refractivity contribution < 1.29 is 19.1 Å². The highest BCUT2D eigenvalue weighted by Gasteiger charge is 2.64. The van der Waals surface area contributed by atoms with Crippen molar-refractivity contribution in [3.05, 3.63) is 48.2 Å². The summed E-state index contributed by atoms with van der Waals surface area (Å²) in [5.41, 5.74) is 0.584. The molecule has 1 aromatic heterocycles. The number of aromatic amines is 1. The molecule has 3 atom stereocenters. The summed E-state index contributed by atoms with van der Waals surface area (Å²) < 4.78 is 10.8. The molecule has 2 aromatic rings. The average Bonchev–Trinajstić information content (AvgIpc) is 3.26. The molecule has 1 aromatic carbocycles. The van der Waals surface area contributed by atoms with E-state index in [4.69, 9.17) is 9.47 Å². The molecule has 1 aliphatic heterocycles. The lowest BCUT2D eigenvalue weighted by Crippen LogP contribution is -2.61. The molecule has 148 valence electrons. The van der Waals surface area contributed by atoms with Crippen LogP contribution in [0.2, 0.25) is 0 Å². The molecule has 0 radical (unpaired) electrons. The predicted molar refractivity (Wildman–Crippen MR) is 106 cm³/mol. The maximum Gasteiger partial charge on any atom is 0.334 e. The number of carbonyl (C=O) groups is 2. The number of likely N-dealkylation sites (tertiary alicyclic amines) is 1. The largest absolute Gasteiger partial charge is 0.467 e. The molecule has 2 aliphatic rings. The highest BCUT2D eigenvalue weighted by atomic mass is 16.5. The molecular formula is C22H26N2O4. The van der Waals surface area contributed by atoms with Crippen LogP contribution in [-0.4, -0.2) is 54.2 Å². The lowest BCUT2D eigenvalue weighted by molar-refractivity contribution is -0.166. The van der Waals surface area contributed by atoms with Crippen LogP contribution in [0.5, 0.6) is 0 Å². The summed E-state index contributed by atoms with van der Waals surface area (Å²) in [5, 5.41) is 1.02. The van der Waals surface area contributed by atoms with Crippen LogP contribution in [0.4, 0.5) is 0 Å². The zero-order valence-corrected chi connectivity index (χ0v) is 16.5. The molecule has 2 bridgehead atoms. The van der Waals surface area contributed by atoms with E-state index in [-0.39, 0.29) is 17.7 Å². The minimum atomic E-state index is -1.11. The van der Waals surface area contributed by atoms with E-state index in [1.54, 1.807) is 12.0 Å². The van der Waals surface area contributed by atoms with E-state index in [9.17, 15) is 9.59 Å². The third-order valence-electron chi connectivity index (χ3n) is 6.49. The van der Waals surface area contributed by atoms with Crippen molar-refractivity contribution in [2.75, 3.05) is 20.8 Å². The summed E-state index contributed by atoms with van der Waals surface area (Å²) in [6.45, 7) is 2.59. The summed E-state index contributed by atoms with van der Waals surface area (Å²) in [7, 11) is 2.94. The molecule has 0 spiro atoms. The van der Waals surface area contributed by atoms with Crippen molar-refractivity contribution >= 4 is 22.8 Å². The molecule has 4 rings (SSSR count). The van der Waals surface area contributed by atoms with Crippen molar-refractivity contribution in [2.45, 2.75) is 37.8 Å². The second kappa shape index (κ2) is 6.78. The number of benzene rings is 1. The second-order valence-corrected chi connectivity index (χ2v) is 7.84. The van der Waals surface area contributed by atoms with Crippen molar-refractivity contribution in [3.8, 4) is 0 Å². The Kier molecular flexibility index (Phi) is 4.54. The van der Waals surface area contributed by atoms with Crippen LogP contribution in [0.15, 0.2) is 42.6 Å². The molecule has 1 fully saturated rings. The fourth-order valence-electron chi connectivity index (χ4n) is 4.91. The summed E-state index contributed by atoms with van der Waals surface area (Å²) in [5.74, 6) is -0.498. The molecular weight excluding hydrogens is 356 g/mol. The highest BCUT2D eigenvalue weighted by molar-refractivity contribution is 5.94. The normalized spacial score (nSPS) is 28.7. The Bertz CT molecular complexity index is 949. The minimum Gasteiger partial charge on any atom is -0.467 e. The smallest absolute Gasteiger partial charge is 0.334 e. The van der Waals surface area contributed by atoms with Crippen LogP contribution in [0.3, 0.4) is 0 Å². The first-order valence-corrected chi connectivity index (χ1v) is 9.66. The number of hydrogen-bond donors (Lipinski definition) is 1. The van der Waals surface area contributed by atoms with Gasteiger partial charge >= 0.3 is 5.97 Å². The van der Waals surface area contributed by atoms with Gasteiger partial charge in [-0.15, -0.1) is 0 Å². The number of H-pyrrole nitrogens is 1.